The number of nitrogens with zero attached hydrogens (tertiary/aromatic N) is 3. The van der Waals surface area contributed by atoms with Crippen LogP contribution in [-0.4, -0.2) is 43.4 Å². The first-order valence-electron chi connectivity index (χ1n) is 7.40. The Balaban J connectivity index is 1.88. The molecule has 2 aromatic rings. The first-order chi connectivity index (χ1) is 11.2. The third-order valence-electron chi connectivity index (χ3n) is 3.97. The maximum absolute atomic E-state index is 11.5. The van der Waals surface area contributed by atoms with Crippen LogP contribution in [0.5, 0.6) is 0 Å². The fourth-order valence-electron chi connectivity index (χ4n) is 2.89. The average molecular weight is 331 g/mol. The number of thiocarbonyl (C=S) groups is 1. The van der Waals surface area contributed by atoms with Crippen LogP contribution in [0, 0.1) is 0 Å². The summed E-state index contributed by atoms with van der Waals surface area (Å²) >= 11 is 5.33. The van der Waals surface area contributed by atoms with Crippen molar-refractivity contribution in [2.45, 2.75) is 25.0 Å². The molecule has 23 heavy (non-hydrogen) atoms. The van der Waals surface area contributed by atoms with E-state index in [1.807, 2.05) is 30.3 Å². The summed E-state index contributed by atoms with van der Waals surface area (Å²) in [6, 6.07) is 9.34. The molecule has 0 aliphatic carbocycles. The maximum Gasteiger partial charge on any atom is 0.407 e. The molecule has 7 heteroatoms. The van der Waals surface area contributed by atoms with E-state index < -0.39 is 12.2 Å². The first kappa shape index (κ1) is 15.5. The van der Waals surface area contributed by atoms with Gasteiger partial charge in [-0.05, 0) is 30.6 Å². The summed E-state index contributed by atoms with van der Waals surface area (Å²) in [5.74, 6) is 0. The van der Waals surface area contributed by atoms with Crippen molar-refractivity contribution >= 4 is 23.5 Å². The van der Waals surface area contributed by atoms with Crippen LogP contribution in [0.1, 0.15) is 24.5 Å². The number of aromatic nitrogens is 2. The molecule has 0 bridgehead atoms. The van der Waals surface area contributed by atoms with Crippen molar-refractivity contribution in [1.29, 1.82) is 0 Å². The molecule has 2 atom stereocenters. The highest BCUT2D eigenvalue weighted by atomic mass is 32.1. The number of likely N-dealkylation sites (tertiary alicyclic amines) is 1. The standard InChI is InChI=1S/C16H17N3O3S/c20-15(21)19-9-4-7-13(19)14(12-5-2-1-3-6-12)22-16(23)18-10-8-17-11-18/h1-3,5-6,8,10-11,13-14H,4,7,9H2,(H,20,21). The van der Waals surface area contributed by atoms with Crippen LogP contribution in [0.2, 0.25) is 0 Å². The Morgan fingerprint density at radius 3 is 2.83 bits per heavy atom. The van der Waals surface area contributed by atoms with Crippen molar-refractivity contribution in [2.75, 3.05) is 6.54 Å². The smallest absolute Gasteiger partial charge is 0.407 e. The van der Waals surface area contributed by atoms with E-state index in [0.717, 1.165) is 18.4 Å². The van der Waals surface area contributed by atoms with Crippen molar-refractivity contribution in [1.82, 2.24) is 14.5 Å². The van der Waals surface area contributed by atoms with Crippen molar-refractivity contribution in [3.8, 4) is 0 Å². The summed E-state index contributed by atoms with van der Waals surface area (Å²) in [5.41, 5.74) is 0.910. The van der Waals surface area contributed by atoms with Gasteiger partial charge in [-0.2, -0.15) is 0 Å². The summed E-state index contributed by atoms with van der Waals surface area (Å²) in [6.07, 6.45) is 5.09. The van der Waals surface area contributed by atoms with Crippen LogP contribution in [0.25, 0.3) is 0 Å². The van der Waals surface area contributed by atoms with E-state index in [-0.39, 0.29) is 11.2 Å². The molecule has 1 saturated heterocycles. The molecule has 1 N–H and O–H groups in total. The van der Waals surface area contributed by atoms with Crippen molar-refractivity contribution in [3.05, 3.63) is 54.6 Å². The van der Waals surface area contributed by atoms with Crippen LogP contribution in [0.3, 0.4) is 0 Å². The van der Waals surface area contributed by atoms with E-state index in [1.54, 1.807) is 23.3 Å². The van der Waals surface area contributed by atoms with Gasteiger partial charge in [0.25, 0.3) is 5.17 Å². The Labute approximate surface area is 139 Å². The molecule has 1 aromatic heterocycles. The van der Waals surface area contributed by atoms with Gasteiger partial charge in [-0.1, -0.05) is 30.3 Å². The summed E-state index contributed by atoms with van der Waals surface area (Å²) < 4.78 is 7.60. The summed E-state index contributed by atoms with van der Waals surface area (Å²) in [7, 11) is 0. The van der Waals surface area contributed by atoms with Gasteiger partial charge in [0.05, 0.1) is 6.04 Å². The van der Waals surface area contributed by atoms with Gasteiger partial charge in [0.15, 0.2) is 0 Å². The molecule has 0 saturated carbocycles. The number of carboxylic acid groups (broad SMARTS) is 1. The number of ether oxygens (including phenoxy) is 1. The Kier molecular flexibility index (Phi) is 4.57. The number of hydrogen-bond donors (Lipinski definition) is 1. The molecule has 2 unspecified atom stereocenters. The molecule has 120 valence electrons. The predicted octanol–water partition coefficient (Wildman–Crippen LogP) is 2.92. The van der Waals surface area contributed by atoms with E-state index in [9.17, 15) is 9.90 Å². The number of rotatable bonds is 3. The SMILES string of the molecule is O=C(O)N1CCCC1C(OC(=S)n1ccnc1)c1ccccc1. The second-order valence-electron chi connectivity index (χ2n) is 5.37. The molecular formula is C16H17N3O3S. The topological polar surface area (TPSA) is 67.6 Å². The van der Waals surface area contributed by atoms with Crippen molar-refractivity contribution in [3.63, 3.8) is 0 Å². The fourth-order valence-corrected chi connectivity index (χ4v) is 3.10. The molecule has 1 aliphatic rings. The van der Waals surface area contributed by atoms with Crippen LogP contribution in [0.4, 0.5) is 4.79 Å². The Morgan fingerprint density at radius 2 is 2.17 bits per heavy atom. The molecule has 1 aromatic carbocycles. The van der Waals surface area contributed by atoms with Crippen LogP contribution >= 0.6 is 12.2 Å². The summed E-state index contributed by atoms with van der Waals surface area (Å²) in [6.45, 7) is 0.518. The summed E-state index contributed by atoms with van der Waals surface area (Å²) in [4.78, 5) is 16.9. The highest BCUT2D eigenvalue weighted by Crippen LogP contribution is 2.32. The van der Waals surface area contributed by atoms with Gasteiger partial charge in [-0.15, -0.1) is 0 Å². The Bertz CT molecular complexity index is 675. The van der Waals surface area contributed by atoms with Crippen molar-refractivity contribution < 1.29 is 14.6 Å². The second kappa shape index (κ2) is 6.78. The quantitative estimate of drug-likeness (QED) is 0.876. The molecule has 1 amide bonds. The van der Waals surface area contributed by atoms with E-state index in [2.05, 4.69) is 4.98 Å². The number of hydrogen-bond acceptors (Lipinski definition) is 4. The van der Waals surface area contributed by atoms with E-state index >= 15 is 0 Å². The maximum atomic E-state index is 11.5. The zero-order valence-electron chi connectivity index (χ0n) is 12.4. The monoisotopic (exact) mass is 331 g/mol. The average Bonchev–Trinajstić information content (AvgIpc) is 3.24. The van der Waals surface area contributed by atoms with Crippen molar-refractivity contribution in [2.24, 2.45) is 0 Å². The molecule has 2 heterocycles. The van der Waals surface area contributed by atoms with Gasteiger partial charge in [-0.25, -0.2) is 9.78 Å². The fraction of sp³-hybridized carbons (Fsp3) is 0.312. The molecule has 1 aliphatic heterocycles. The highest BCUT2D eigenvalue weighted by molar-refractivity contribution is 7.80. The zero-order valence-corrected chi connectivity index (χ0v) is 13.2. The minimum atomic E-state index is -0.925. The lowest BCUT2D eigenvalue weighted by atomic mass is 10.0. The zero-order chi connectivity index (χ0) is 16.2. The molecule has 0 spiro atoms. The largest absolute Gasteiger partial charge is 0.465 e. The molecular weight excluding hydrogens is 314 g/mol. The van der Waals surface area contributed by atoms with Crippen LogP contribution in [0.15, 0.2) is 49.1 Å². The Hall–Kier alpha value is -2.41. The molecule has 0 radical (unpaired) electrons. The van der Waals surface area contributed by atoms with Crippen LogP contribution in [-0.2, 0) is 4.74 Å². The van der Waals surface area contributed by atoms with Gasteiger partial charge in [-0.3, -0.25) is 4.57 Å². The number of imidazole rings is 1. The Morgan fingerprint density at radius 1 is 1.39 bits per heavy atom. The predicted molar refractivity (Wildman–Crippen MR) is 88.2 cm³/mol. The van der Waals surface area contributed by atoms with Gasteiger partial charge >= 0.3 is 6.09 Å². The van der Waals surface area contributed by atoms with Gasteiger partial charge < -0.3 is 14.7 Å². The lowest BCUT2D eigenvalue weighted by molar-refractivity contribution is 0.0750. The lowest BCUT2D eigenvalue weighted by Crippen LogP contribution is -2.40. The number of carbonyl (C=O) groups is 1. The van der Waals surface area contributed by atoms with Gasteiger partial charge in [0.1, 0.15) is 12.4 Å². The third kappa shape index (κ3) is 3.34. The van der Waals surface area contributed by atoms with Crippen LogP contribution < -0.4 is 0 Å². The first-order valence-corrected chi connectivity index (χ1v) is 7.81. The summed E-state index contributed by atoms with van der Waals surface area (Å²) in [5, 5.41) is 9.68. The molecule has 3 rings (SSSR count). The minimum absolute atomic E-state index is 0.253. The van der Waals surface area contributed by atoms with Gasteiger partial charge in [0, 0.05) is 18.9 Å². The van der Waals surface area contributed by atoms with E-state index in [1.165, 1.54) is 4.90 Å². The number of benzene rings is 1. The lowest BCUT2D eigenvalue weighted by Gasteiger charge is -2.30. The normalized spacial score (nSPS) is 18.6. The van der Waals surface area contributed by atoms with E-state index in [0.29, 0.717) is 6.54 Å². The second-order valence-corrected chi connectivity index (χ2v) is 5.72. The highest BCUT2D eigenvalue weighted by Gasteiger charge is 2.37. The van der Waals surface area contributed by atoms with E-state index in [4.69, 9.17) is 17.0 Å². The molecule has 1 fully saturated rings. The third-order valence-corrected chi connectivity index (χ3v) is 4.27. The minimum Gasteiger partial charge on any atom is -0.465 e. The molecule has 6 nitrogen and oxygen atoms in total. The van der Waals surface area contributed by atoms with Gasteiger partial charge in [0.2, 0.25) is 0 Å². The number of amides is 1.